The number of aromatic nitrogens is 1. The first kappa shape index (κ1) is 17.4. The summed E-state index contributed by atoms with van der Waals surface area (Å²) < 4.78 is 29.0. The molecule has 0 unspecified atom stereocenters. The second-order valence-corrected chi connectivity index (χ2v) is 7.57. The Kier molecular flexibility index (Phi) is 5.37. The molecule has 1 fully saturated rings. The van der Waals surface area contributed by atoms with Gasteiger partial charge in [0.25, 0.3) is 0 Å². The number of anilines is 1. The van der Waals surface area contributed by atoms with E-state index in [2.05, 4.69) is 15.8 Å². The van der Waals surface area contributed by atoms with Crippen molar-refractivity contribution < 1.29 is 22.5 Å². The van der Waals surface area contributed by atoms with E-state index in [1.165, 1.54) is 16.6 Å². The molecule has 1 saturated heterocycles. The summed E-state index contributed by atoms with van der Waals surface area (Å²) >= 11 is 0. The maximum atomic E-state index is 11.7. The third-order valence-corrected chi connectivity index (χ3v) is 4.97. The van der Waals surface area contributed by atoms with Crippen molar-refractivity contribution >= 4 is 27.7 Å². The smallest absolute Gasteiger partial charge is 0.314 e. The zero-order valence-corrected chi connectivity index (χ0v) is 13.9. The van der Waals surface area contributed by atoms with Gasteiger partial charge >= 0.3 is 11.8 Å². The molecule has 1 aromatic rings. The van der Waals surface area contributed by atoms with E-state index in [-0.39, 0.29) is 11.7 Å². The number of amides is 2. The van der Waals surface area contributed by atoms with Crippen LogP contribution in [0.5, 0.6) is 0 Å². The predicted octanol–water partition coefficient (Wildman–Crippen LogP) is -0.291. The SMILES string of the molecule is Cc1cc(NC(=O)C(=O)NCC2CCN(S(C)(=O)=O)CC2)no1. The van der Waals surface area contributed by atoms with Crippen LogP contribution in [-0.4, -0.2) is 55.6 Å². The zero-order valence-electron chi connectivity index (χ0n) is 13.0. The van der Waals surface area contributed by atoms with Crippen LogP contribution >= 0.6 is 0 Å². The molecule has 2 amide bonds. The number of rotatable bonds is 4. The van der Waals surface area contributed by atoms with Crippen LogP contribution in [0.15, 0.2) is 10.6 Å². The number of nitrogens with zero attached hydrogens (tertiary/aromatic N) is 2. The Hall–Kier alpha value is -1.94. The first-order valence-corrected chi connectivity index (χ1v) is 9.08. The highest BCUT2D eigenvalue weighted by Crippen LogP contribution is 2.18. The first-order valence-electron chi connectivity index (χ1n) is 7.23. The van der Waals surface area contributed by atoms with Crippen molar-refractivity contribution in [2.45, 2.75) is 19.8 Å². The third-order valence-electron chi connectivity index (χ3n) is 3.67. The third kappa shape index (κ3) is 5.03. The van der Waals surface area contributed by atoms with Gasteiger partial charge in [-0.1, -0.05) is 5.16 Å². The van der Waals surface area contributed by atoms with Crippen LogP contribution in [0.3, 0.4) is 0 Å². The standard InChI is InChI=1S/C13H20N4O5S/c1-9-7-11(16-22-9)15-13(19)12(18)14-8-10-3-5-17(6-4-10)23(2,20)21/h7,10H,3-6,8H2,1-2H3,(H,14,18)(H,15,16,19). The number of piperidine rings is 1. The van der Waals surface area contributed by atoms with Crippen LogP contribution in [-0.2, 0) is 19.6 Å². The highest BCUT2D eigenvalue weighted by Gasteiger charge is 2.25. The van der Waals surface area contributed by atoms with Crippen LogP contribution in [0.2, 0.25) is 0 Å². The second kappa shape index (κ2) is 7.09. The van der Waals surface area contributed by atoms with Gasteiger partial charge in [-0.05, 0) is 25.7 Å². The molecule has 1 aliphatic heterocycles. The van der Waals surface area contributed by atoms with Crippen LogP contribution in [0.1, 0.15) is 18.6 Å². The molecule has 0 radical (unpaired) electrons. The fourth-order valence-electron chi connectivity index (χ4n) is 2.36. The molecule has 0 saturated carbocycles. The van der Waals surface area contributed by atoms with E-state index < -0.39 is 21.8 Å². The average Bonchev–Trinajstić information content (AvgIpc) is 2.89. The van der Waals surface area contributed by atoms with Crippen LogP contribution < -0.4 is 10.6 Å². The summed E-state index contributed by atoms with van der Waals surface area (Å²) in [5, 5.41) is 8.46. The first-order chi connectivity index (χ1) is 10.8. The van der Waals surface area contributed by atoms with Crippen molar-refractivity contribution in [3.63, 3.8) is 0 Å². The van der Waals surface area contributed by atoms with E-state index in [0.29, 0.717) is 38.2 Å². The molecule has 128 valence electrons. The summed E-state index contributed by atoms with van der Waals surface area (Å²) in [5.41, 5.74) is 0. The molecule has 1 aliphatic rings. The van der Waals surface area contributed by atoms with E-state index in [1.54, 1.807) is 6.92 Å². The van der Waals surface area contributed by atoms with Gasteiger partial charge in [-0.25, -0.2) is 12.7 Å². The fraction of sp³-hybridized carbons (Fsp3) is 0.615. The molecule has 0 bridgehead atoms. The van der Waals surface area contributed by atoms with Gasteiger partial charge in [0.15, 0.2) is 5.82 Å². The number of carbonyl (C=O) groups is 2. The molecule has 1 aromatic heterocycles. The lowest BCUT2D eigenvalue weighted by Gasteiger charge is -2.30. The summed E-state index contributed by atoms with van der Waals surface area (Å²) in [6.07, 6.45) is 2.49. The van der Waals surface area contributed by atoms with Gasteiger partial charge in [-0.15, -0.1) is 0 Å². The number of hydrogen-bond donors (Lipinski definition) is 2. The Morgan fingerprint density at radius 1 is 1.35 bits per heavy atom. The second-order valence-electron chi connectivity index (χ2n) is 5.59. The molecule has 2 heterocycles. The Morgan fingerprint density at radius 2 is 2.00 bits per heavy atom. The number of carbonyl (C=O) groups excluding carboxylic acids is 2. The highest BCUT2D eigenvalue weighted by atomic mass is 32.2. The van der Waals surface area contributed by atoms with E-state index >= 15 is 0 Å². The Bertz CT molecular complexity index is 676. The molecule has 10 heteroatoms. The quantitative estimate of drug-likeness (QED) is 0.724. The van der Waals surface area contributed by atoms with Crippen molar-refractivity contribution in [2.24, 2.45) is 5.92 Å². The largest absolute Gasteiger partial charge is 0.360 e. The maximum absolute atomic E-state index is 11.7. The van der Waals surface area contributed by atoms with E-state index in [9.17, 15) is 18.0 Å². The number of sulfonamides is 1. The topological polar surface area (TPSA) is 122 Å². The normalized spacial score (nSPS) is 17.0. The summed E-state index contributed by atoms with van der Waals surface area (Å²) in [5.74, 6) is -0.704. The fourth-order valence-corrected chi connectivity index (χ4v) is 3.23. The molecular formula is C13H20N4O5S. The molecule has 0 spiro atoms. The molecule has 2 N–H and O–H groups in total. The lowest BCUT2D eigenvalue weighted by Crippen LogP contribution is -2.43. The van der Waals surface area contributed by atoms with Gasteiger partial charge < -0.3 is 9.84 Å². The molecular weight excluding hydrogens is 324 g/mol. The number of aryl methyl sites for hydroxylation is 1. The molecule has 0 aliphatic carbocycles. The van der Waals surface area contributed by atoms with Crippen molar-refractivity contribution in [1.29, 1.82) is 0 Å². The molecule has 2 rings (SSSR count). The van der Waals surface area contributed by atoms with Gasteiger partial charge in [0.05, 0.1) is 6.26 Å². The molecule has 0 atom stereocenters. The maximum Gasteiger partial charge on any atom is 0.314 e. The minimum atomic E-state index is -3.16. The Labute approximate surface area is 134 Å². The minimum absolute atomic E-state index is 0.152. The number of hydrogen-bond acceptors (Lipinski definition) is 6. The van der Waals surface area contributed by atoms with Crippen molar-refractivity contribution in [3.05, 3.63) is 11.8 Å². The minimum Gasteiger partial charge on any atom is -0.360 e. The monoisotopic (exact) mass is 344 g/mol. The van der Waals surface area contributed by atoms with Gasteiger partial charge in [0, 0.05) is 25.7 Å². The number of nitrogens with one attached hydrogen (secondary N) is 2. The predicted molar refractivity (Wildman–Crippen MR) is 82.0 cm³/mol. The van der Waals surface area contributed by atoms with Gasteiger partial charge in [-0.2, -0.15) is 0 Å². The van der Waals surface area contributed by atoms with E-state index in [0.717, 1.165) is 0 Å². The zero-order chi connectivity index (χ0) is 17.0. The van der Waals surface area contributed by atoms with Crippen molar-refractivity contribution in [1.82, 2.24) is 14.8 Å². The average molecular weight is 344 g/mol. The van der Waals surface area contributed by atoms with Gasteiger partial charge in [0.1, 0.15) is 5.76 Å². The molecule has 0 aromatic carbocycles. The van der Waals surface area contributed by atoms with Crippen LogP contribution in [0.25, 0.3) is 0 Å². The van der Waals surface area contributed by atoms with Crippen molar-refractivity contribution in [3.8, 4) is 0 Å². The van der Waals surface area contributed by atoms with Gasteiger partial charge in [-0.3, -0.25) is 14.9 Å². The molecule has 23 heavy (non-hydrogen) atoms. The van der Waals surface area contributed by atoms with Crippen LogP contribution in [0, 0.1) is 12.8 Å². The summed E-state index contributed by atoms with van der Waals surface area (Å²) in [6.45, 7) is 2.88. The van der Waals surface area contributed by atoms with E-state index in [1.807, 2.05) is 0 Å². The van der Waals surface area contributed by atoms with Gasteiger partial charge in [0.2, 0.25) is 10.0 Å². The highest BCUT2D eigenvalue weighted by molar-refractivity contribution is 7.88. The van der Waals surface area contributed by atoms with Crippen molar-refractivity contribution in [2.75, 3.05) is 31.2 Å². The Morgan fingerprint density at radius 3 is 2.52 bits per heavy atom. The summed E-state index contributed by atoms with van der Waals surface area (Å²) in [6, 6.07) is 1.51. The van der Waals surface area contributed by atoms with Crippen LogP contribution in [0.4, 0.5) is 5.82 Å². The van der Waals surface area contributed by atoms with E-state index in [4.69, 9.17) is 4.52 Å². The summed E-state index contributed by atoms with van der Waals surface area (Å²) in [7, 11) is -3.16. The lowest BCUT2D eigenvalue weighted by atomic mass is 9.98. The molecule has 9 nitrogen and oxygen atoms in total. The summed E-state index contributed by atoms with van der Waals surface area (Å²) in [4.78, 5) is 23.4. The lowest BCUT2D eigenvalue weighted by molar-refractivity contribution is -0.136. The Balaban J connectivity index is 1.73.